The normalized spacial score (nSPS) is 18.3. The van der Waals surface area contributed by atoms with Crippen LogP contribution in [-0.2, 0) is 9.59 Å². The van der Waals surface area contributed by atoms with E-state index >= 15 is 0 Å². The maximum absolute atomic E-state index is 14.1. The van der Waals surface area contributed by atoms with Gasteiger partial charge in [0.1, 0.15) is 16.8 Å². The van der Waals surface area contributed by atoms with E-state index in [0.717, 1.165) is 12.8 Å². The van der Waals surface area contributed by atoms with Crippen LogP contribution < -0.4 is 9.80 Å². The Kier molecular flexibility index (Phi) is 9.48. The van der Waals surface area contributed by atoms with Crippen LogP contribution in [0, 0.1) is 5.82 Å². The van der Waals surface area contributed by atoms with Crippen LogP contribution in [0.5, 0.6) is 0 Å². The van der Waals surface area contributed by atoms with Crippen molar-refractivity contribution in [3.63, 3.8) is 0 Å². The Bertz CT molecular complexity index is 1100. The van der Waals surface area contributed by atoms with E-state index in [4.69, 9.17) is 11.6 Å². The third-order valence-corrected chi connectivity index (χ3v) is 7.85. The second kappa shape index (κ2) is 12.8. The number of unbranched alkanes of at least 4 members (excludes halogenated alkanes) is 1. The highest BCUT2D eigenvalue weighted by Crippen LogP contribution is 2.25. The molecule has 1 aromatic carbocycles. The van der Waals surface area contributed by atoms with Gasteiger partial charge in [0, 0.05) is 64.3 Å². The van der Waals surface area contributed by atoms with Crippen molar-refractivity contribution in [2.24, 2.45) is 0 Å². The average Bonchev–Trinajstić information content (AvgIpc) is 2.90. The van der Waals surface area contributed by atoms with E-state index in [1.807, 2.05) is 15.9 Å². The first-order valence-electron chi connectivity index (χ1n) is 12.8. The molecule has 3 heterocycles. The number of para-hydroxylation sites is 1. The van der Waals surface area contributed by atoms with E-state index in [1.165, 1.54) is 17.8 Å². The molecule has 0 aliphatic carbocycles. The molecule has 2 aliphatic rings. The van der Waals surface area contributed by atoms with Crippen LogP contribution in [0.2, 0.25) is 5.15 Å². The Labute approximate surface area is 227 Å². The Balaban J connectivity index is 1.29. The summed E-state index contributed by atoms with van der Waals surface area (Å²) in [7, 11) is 0. The van der Waals surface area contributed by atoms with Gasteiger partial charge in [-0.25, -0.2) is 14.4 Å². The summed E-state index contributed by atoms with van der Waals surface area (Å²) in [4.78, 5) is 42.2. The van der Waals surface area contributed by atoms with Crippen molar-refractivity contribution in [3.8, 4) is 0 Å². The first-order chi connectivity index (χ1) is 17.9. The molecule has 11 heteroatoms. The van der Waals surface area contributed by atoms with Gasteiger partial charge in [-0.3, -0.25) is 9.59 Å². The summed E-state index contributed by atoms with van der Waals surface area (Å²) in [6.07, 6.45) is 2.51. The summed E-state index contributed by atoms with van der Waals surface area (Å²) in [5.74, 6) is 0.872. The van der Waals surface area contributed by atoms with E-state index in [2.05, 4.69) is 28.7 Å². The molecule has 1 aromatic heterocycles. The van der Waals surface area contributed by atoms with Crippen molar-refractivity contribution in [1.82, 2.24) is 19.8 Å². The number of thioether (sulfide) groups is 1. The number of hydrogen-bond acceptors (Lipinski definition) is 7. The Morgan fingerprint density at radius 2 is 1.78 bits per heavy atom. The number of amides is 2. The highest BCUT2D eigenvalue weighted by atomic mass is 35.5. The molecule has 0 bridgehead atoms. The Hall–Kier alpha value is -2.59. The number of nitrogens with zero attached hydrogens (tertiary/aromatic N) is 6. The minimum absolute atomic E-state index is 0.00358. The van der Waals surface area contributed by atoms with E-state index in [0.29, 0.717) is 74.0 Å². The number of carbonyl (C=O) groups excluding carboxylic acids is 2. The van der Waals surface area contributed by atoms with Gasteiger partial charge in [0.2, 0.25) is 11.8 Å². The van der Waals surface area contributed by atoms with Crippen LogP contribution in [0.15, 0.2) is 35.5 Å². The third kappa shape index (κ3) is 7.04. The molecule has 2 saturated heterocycles. The minimum Gasteiger partial charge on any atom is -0.366 e. The molecular formula is C26H34ClFN6O2S. The largest absolute Gasteiger partial charge is 0.366 e. The van der Waals surface area contributed by atoms with Crippen molar-refractivity contribution in [1.29, 1.82) is 0 Å². The van der Waals surface area contributed by atoms with E-state index in [-0.39, 0.29) is 29.4 Å². The number of anilines is 2. The van der Waals surface area contributed by atoms with Gasteiger partial charge in [-0.2, -0.15) is 0 Å². The monoisotopic (exact) mass is 548 g/mol. The molecule has 1 atom stereocenters. The van der Waals surface area contributed by atoms with Crippen LogP contribution in [-0.4, -0.2) is 89.2 Å². The molecule has 0 saturated carbocycles. The van der Waals surface area contributed by atoms with Crippen molar-refractivity contribution in [3.05, 3.63) is 41.3 Å². The lowest BCUT2D eigenvalue weighted by Gasteiger charge is -2.40. The smallest absolute Gasteiger partial charge is 0.233 e. The maximum Gasteiger partial charge on any atom is 0.233 e. The molecule has 0 radical (unpaired) electrons. The second-order valence-electron chi connectivity index (χ2n) is 9.43. The molecule has 2 aromatic rings. The summed E-state index contributed by atoms with van der Waals surface area (Å²) >= 11 is 7.57. The van der Waals surface area contributed by atoms with Gasteiger partial charge in [-0.05, 0) is 25.5 Å². The first kappa shape index (κ1) is 27.4. The standard InChI is InChI=1S/C26H34ClFN6O2S/c1-3-4-9-24(35)34-15-14-33(17-19(34)2)23-16-22(27)29-26(30-23)37-18-25(36)32-12-10-31(11-13-32)21-8-6-5-7-20(21)28/h5-8,16,19H,3-4,9-15,17-18H2,1-2H3. The predicted octanol–water partition coefficient (Wildman–Crippen LogP) is 3.94. The highest BCUT2D eigenvalue weighted by Gasteiger charge is 2.28. The fraction of sp³-hybridized carbons (Fsp3) is 0.538. The molecule has 0 N–H and O–H groups in total. The molecule has 200 valence electrons. The Morgan fingerprint density at radius 1 is 1.05 bits per heavy atom. The molecule has 0 spiro atoms. The zero-order chi connectivity index (χ0) is 26.4. The minimum atomic E-state index is -0.245. The fourth-order valence-electron chi connectivity index (χ4n) is 4.74. The molecule has 1 unspecified atom stereocenters. The molecule has 4 rings (SSSR count). The summed E-state index contributed by atoms with van der Waals surface area (Å²) in [5.41, 5.74) is 0.573. The highest BCUT2D eigenvalue weighted by molar-refractivity contribution is 7.99. The van der Waals surface area contributed by atoms with Gasteiger partial charge in [0.15, 0.2) is 5.16 Å². The van der Waals surface area contributed by atoms with Crippen LogP contribution in [0.1, 0.15) is 33.1 Å². The molecule has 37 heavy (non-hydrogen) atoms. The summed E-state index contributed by atoms with van der Waals surface area (Å²) < 4.78 is 14.1. The van der Waals surface area contributed by atoms with Crippen LogP contribution >= 0.6 is 23.4 Å². The van der Waals surface area contributed by atoms with Crippen LogP contribution in [0.4, 0.5) is 15.9 Å². The maximum atomic E-state index is 14.1. The van der Waals surface area contributed by atoms with Gasteiger partial charge < -0.3 is 19.6 Å². The SMILES string of the molecule is CCCCC(=O)N1CCN(c2cc(Cl)nc(SCC(=O)N3CCN(c4ccccc4F)CC3)n2)CC1C. The lowest BCUT2D eigenvalue weighted by molar-refractivity contribution is -0.133. The molecule has 8 nitrogen and oxygen atoms in total. The topological polar surface area (TPSA) is 72.9 Å². The van der Waals surface area contributed by atoms with Gasteiger partial charge in [0.05, 0.1) is 11.4 Å². The van der Waals surface area contributed by atoms with Crippen molar-refractivity contribution >= 4 is 46.7 Å². The fourth-order valence-corrected chi connectivity index (χ4v) is 5.73. The molecule has 2 aliphatic heterocycles. The number of rotatable bonds is 8. The third-order valence-electron chi connectivity index (χ3n) is 6.83. The first-order valence-corrected chi connectivity index (χ1v) is 14.2. The van der Waals surface area contributed by atoms with Crippen molar-refractivity contribution < 1.29 is 14.0 Å². The second-order valence-corrected chi connectivity index (χ2v) is 10.8. The van der Waals surface area contributed by atoms with Gasteiger partial charge in [-0.1, -0.05) is 48.8 Å². The number of hydrogen-bond donors (Lipinski definition) is 0. The quantitative estimate of drug-likeness (QED) is 0.281. The van der Waals surface area contributed by atoms with Gasteiger partial charge >= 0.3 is 0 Å². The van der Waals surface area contributed by atoms with Crippen LogP contribution in [0.3, 0.4) is 0 Å². The number of halogens is 2. The summed E-state index contributed by atoms with van der Waals surface area (Å²) in [6.45, 7) is 8.37. The van der Waals surface area contributed by atoms with Gasteiger partial charge in [-0.15, -0.1) is 0 Å². The van der Waals surface area contributed by atoms with Crippen LogP contribution in [0.25, 0.3) is 0 Å². The van der Waals surface area contributed by atoms with Crippen molar-refractivity contribution in [2.75, 3.05) is 61.4 Å². The lowest BCUT2D eigenvalue weighted by Crippen LogP contribution is -2.54. The zero-order valence-electron chi connectivity index (χ0n) is 21.4. The van der Waals surface area contributed by atoms with Gasteiger partial charge in [0.25, 0.3) is 0 Å². The number of carbonyl (C=O) groups is 2. The Morgan fingerprint density at radius 3 is 2.49 bits per heavy atom. The van der Waals surface area contributed by atoms with Crippen molar-refractivity contribution in [2.45, 2.75) is 44.3 Å². The lowest BCUT2D eigenvalue weighted by atomic mass is 10.1. The zero-order valence-corrected chi connectivity index (χ0v) is 23.0. The number of piperazine rings is 2. The van der Waals surface area contributed by atoms with E-state index in [1.54, 1.807) is 23.1 Å². The van der Waals surface area contributed by atoms with E-state index in [9.17, 15) is 14.0 Å². The number of benzene rings is 1. The molecule has 2 amide bonds. The summed E-state index contributed by atoms with van der Waals surface area (Å²) in [6, 6.07) is 8.52. The predicted molar refractivity (Wildman–Crippen MR) is 146 cm³/mol. The van der Waals surface area contributed by atoms with E-state index < -0.39 is 0 Å². The average molecular weight is 549 g/mol. The molecule has 2 fully saturated rings. The molecular weight excluding hydrogens is 515 g/mol. The number of aromatic nitrogens is 2. The summed E-state index contributed by atoms with van der Waals surface area (Å²) in [5, 5.41) is 0.780.